The number of para-hydroxylation sites is 1. The van der Waals surface area contributed by atoms with Crippen LogP contribution in [0.4, 0.5) is 5.13 Å². The summed E-state index contributed by atoms with van der Waals surface area (Å²) in [4.78, 5) is 13.1. The van der Waals surface area contributed by atoms with E-state index in [0.29, 0.717) is 33.0 Å². The zero-order chi connectivity index (χ0) is 20.2. The highest BCUT2D eigenvalue weighted by atomic mass is 32.1. The summed E-state index contributed by atoms with van der Waals surface area (Å²) < 4.78 is 17.7. The van der Waals surface area contributed by atoms with Crippen LogP contribution in [0.1, 0.15) is 16.2 Å². The lowest BCUT2D eigenvalue weighted by Crippen LogP contribution is -2.12. The molecule has 0 fully saturated rings. The molecule has 4 aromatic rings. The van der Waals surface area contributed by atoms with Crippen LogP contribution in [0.3, 0.4) is 0 Å². The minimum atomic E-state index is -0.321. The fourth-order valence-electron chi connectivity index (χ4n) is 2.61. The number of nitrogens with zero attached hydrogens (tertiary/aromatic N) is 4. The van der Waals surface area contributed by atoms with Gasteiger partial charge in [0, 0.05) is 5.56 Å². The van der Waals surface area contributed by atoms with E-state index in [1.54, 1.807) is 22.7 Å². The second-order valence-electron chi connectivity index (χ2n) is 5.84. The van der Waals surface area contributed by atoms with Gasteiger partial charge in [0.05, 0.1) is 14.2 Å². The average molecular weight is 411 g/mol. The SMILES string of the molecule is COc1ccc(C(=O)Nc2nn3c(COc4ccccc4)nnc3s2)cc1OC. The summed E-state index contributed by atoms with van der Waals surface area (Å²) in [5.74, 6) is 1.95. The summed E-state index contributed by atoms with van der Waals surface area (Å²) >= 11 is 1.22. The van der Waals surface area contributed by atoms with Crippen molar-refractivity contribution < 1.29 is 19.0 Å². The maximum atomic E-state index is 12.6. The molecule has 0 spiro atoms. The van der Waals surface area contributed by atoms with Crippen molar-refractivity contribution in [1.82, 2.24) is 19.8 Å². The lowest BCUT2D eigenvalue weighted by Gasteiger charge is -2.09. The molecule has 0 aliphatic carbocycles. The molecule has 10 heteroatoms. The fourth-order valence-corrected chi connectivity index (χ4v) is 3.36. The topological polar surface area (TPSA) is 99.9 Å². The zero-order valence-corrected chi connectivity index (χ0v) is 16.5. The molecule has 2 aromatic carbocycles. The second-order valence-corrected chi connectivity index (χ2v) is 6.80. The molecule has 1 N–H and O–H groups in total. The normalized spacial score (nSPS) is 10.7. The molecule has 0 saturated heterocycles. The number of hydrogen-bond acceptors (Lipinski definition) is 8. The van der Waals surface area contributed by atoms with E-state index in [0.717, 1.165) is 5.75 Å². The maximum absolute atomic E-state index is 12.6. The van der Waals surface area contributed by atoms with E-state index in [9.17, 15) is 4.79 Å². The molecule has 2 heterocycles. The summed E-state index contributed by atoms with van der Waals surface area (Å²) in [6.07, 6.45) is 0. The van der Waals surface area contributed by atoms with Crippen molar-refractivity contribution in [2.75, 3.05) is 19.5 Å². The lowest BCUT2D eigenvalue weighted by atomic mass is 10.2. The van der Waals surface area contributed by atoms with Crippen LogP contribution in [-0.4, -0.2) is 39.9 Å². The van der Waals surface area contributed by atoms with E-state index in [4.69, 9.17) is 14.2 Å². The van der Waals surface area contributed by atoms with Gasteiger partial charge in [-0.05, 0) is 30.3 Å². The third-order valence-electron chi connectivity index (χ3n) is 4.03. The summed E-state index contributed by atoms with van der Waals surface area (Å²) in [6.45, 7) is 0.206. The van der Waals surface area contributed by atoms with Crippen LogP contribution >= 0.6 is 11.3 Å². The minimum absolute atomic E-state index is 0.206. The Balaban J connectivity index is 1.49. The Morgan fingerprint density at radius 1 is 1.07 bits per heavy atom. The molecule has 29 heavy (non-hydrogen) atoms. The molecular formula is C19H17N5O4S. The van der Waals surface area contributed by atoms with Crippen molar-refractivity contribution in [1.29, 1.82) is 0 Å². The van der Waals surface area contributed by atoms with E-state index >= 15 is 0 Å². The van der Waals surface area contributed by atoms with Gasteiger partial charge in [-0.15, -0.1) is 15.3 Å². The van der Waals surface area contributed by atoms with Gasteiger partial charge in [-0.1, -0.05) is 29.5 Å². The molecule has 4 rings (SSSR count). The van der Waals surface area contributed by atoms with E-state index < -0.39 is 0 Å². The van der Waals surface area contributed by atoms with Crippen LogP contribution in [0.2, 0.25) is 0 Å². The Hall–Kier alpha value is -3.66. The van der Waals surface area contributed by atoms with Gasteiger partial charge in [0.2, 0.25) is 10.1 Å². The third kappa shape index (κ3) is 3.97. The van der Waals surface area contributed by atoms with Crippen molar-refractivity contribution in [2.24, 2.45) is 0 Å². The van der Waals surface area contributed by atoms with Gasteiger partial charge in [-0.3, -0.25) is 10.1 Å². The molecule has 2 aromatic heterocycles. The fraction of sp³-hybridized carbons (Fsp3) is 0.158. The standard InChI is InChI=1S/C19H17N5O4S/c1-26-14-9-8-12(10-15(14)27-2)17(25)20-18-23-24-16(21-22-19(24)29-18)11-28-13-6-4-3-5-7-13/h3-10H,11H2,1-2H3,(H,20,23,25). The Kier molecular flexibility index (Phi) is 5.25. The summed E-state index contributed by atoms with van der Waals surface area (Å²) in [6, 6.07) is 14.3. The molecule has 0 saturated carbocycles. The quantitative estimate of drug-likeness (QED) is 0.499. The number of carbonyl (C=O) groups excluding carboxylic acids is 1. The average Bonchev–Trinajstić information content (AvgIpc) is 3.32. The molecule has 0 aliphatic rings. The van der Waals surface area contributed by atoms with Crippen LogP contribution in [-0.2, 0) is 6.61 Å². The molecule has 1 amide bonds. The van der Waals surface area contributed by atoms with Crippen molar-refractivity contribution in [2.45, 2.75) is 6.61 Å². The number of rotatable bonds is 7. The van der Waals surface area contributed by atoms with Crippen molar-refractivity contribution in [3.63, 3.8) is 0 Å². The monoisotopic (exact) mass is 411 g/mol. The van der Waals surface area contributed by atoms with Crippen molar-refractivity contribution in [3.8, 4) is 17.2 Å². The first-order valence-corrected chi connectivity index (χ1v) is 9.42. The molecule has 0 aliphatic heterocycles. The largest absolute Gasteiger partial charge is 0.493 e. The third-order valence-corrected chi connectivity index (χ3v) is 4.85. The predicted molar refractivity (Wildman–Crippen MR) is 107 cm³/mol. The van der Waals surface area contributed by atoms with E-state index in [1.807, 2.05) is 30.3 Å². The van der Waals surface area contributed by atoms with Crippen LogP contribution in [0.25, 0.3) is 4.96 Å². The van der Waals surface area contributed by atoms with Gasteiger partial charge in [0.1, 0.15) is 12.4 Å². The van der Waals surface area contributed by atoms with Gasteiger partial charge >= 0.3 is 0 Å². The Bertz CT molecular complexity index is 1140. The number of benzene rings is 2. The van der Waals surface area contributed by atoms with E-state index in [2.05, 4.69) is 20.6 Å². The minimum Gasteiger partial charge on any atom is -0.493 e. The van der Waals surface area contributed by atoms with Gasteiger partial charge < -0.3 is 14.2 Å². The van der Waals surface area contributed by atoms with Gasteiger partial charge in [0.15, 0.2) is 17.3 Å². The first kappa shape index (κ1) is 18.7. The molecule has 148 valence electrons. The van der Waals surface area contributed by atoms with Crippen LogP contribution in [0, 0.1) is 0 Å². The molecule has 0 radical (unpaired) electrons. The first-order valence-electron chi connectivity index (χ1n) is 8.60. The smallest absolute Gasteiger partial charge is 0.257 e. The zero-order valence-electron chi connectivity index (χ0n) is 15.7. The number of methoxy groups -OCH3 is 2. The van der Waals surface area contributed by atoms with Crippen LogP contribution < -0.4 is 19.5 Å². The number of fused-ring (bicyclic) bond motifs is 1. The summed E-state index contributed by atoms with van der Waals surface area (Å²) in [5, 5.41) is 15.7. The molecule has 0 bridgehead atoms. The van der Waals surface area contributed by atoms with Crippen LogP contribution in [0.5, 0.6) is 17.2 Å². The number of anilines is 1. The van der Waals surface area contributed by atoms with Crippen molar-refractivity contribution in [3.05, 3.63) is 59.9 Å². The van der Waals surface area contributed by atoms with Gasteiger partial charge in [0.25, 0.3) is 5.91 Å². The Morgan fingerprint density at radius 2 is 1.86 bits per heavy atom. The molecule has 9 nitrogen and oxygen atoms in total. The molecular weight excluding hydrogens is 394 g/mol. The summed E-state index contributed by atoms with van der Waals surface area (Å²) in [5.41, 5.74) is 0.418. The number of aromatic nitrogens is 4. The highest BCUT2D eigenvalue weighted by Gasteiger charge is 2.16. The summed E-state index contributed by atoms with van der Waals surface area (Å²) in [7, 11) is 3.05. The number of nitrogens with one attached hydrogen (secondary N) is 1. The lowest BCUT2D eigenvalue weighted by molar-refractivity contribution is 0.102. The Labute approximate surface area is 169 Å². The van der Waals surface area contributed by atoms with Crippen LogP contribution in [0.15, 0.2) is 48.5 Å². The van der Waals surface area contributed by atoms with Gasteiger partial charge in [-0.25, -0.2) is 0 Å². The first-order chi connectivity index (χ1) is 14.2. The molecule has 0 atom stereocenters. The highest BCUT2D eigenvalue weighted by Crippen LogP contribution is 2.28. The number of ether oxygens (including phenoxy) is 3. The highest BCUT2D eigenvalue weighted by molar-refractivity contribution is 7.20. The van der Waals surface area contributed by atoms with Crippen molar-refractivity contribution >= 4 is 27.3 Å². The van der Waals surface area contributed by atoms with E-state index in [1.165, 1.54) is 25.6 Å². The second kappa shape index (κ2) is 8.15. The Morgan fingerprint density at radius 3 is 2.62 bits per heavy atom. The van der Waals surface area contributed by atoms with Gasteiger partial charge in [-0.2, -0.15) is 4.52 Å². The molecule has 0 unspecified atom stereocenters. The van der Waals surface area contributed by atoms with E-state index in [-0.39, 0.29) is 12.5 Å². The number of hydrogen-bond donors (Lipinski definition) is 1. The maximum Gasteiger partial charge on any atom is 0.257 e. The number of carbonyl (C=O) groups is 1. The predicted octanol–water partition coefficient (Wildman–Crippen LogP) is 3.03. The number of amides is 1.